The molecule has 4 rings (SSSR count). The first-order valence-corrected chi connectivity index (χ1v) is 9.91. The van der Waals surface area contributed by atoms with E-state index in [0.717, 1.165) is 17.0 Å². The number of carbonyl (C=O) groups is 1. The molecule has 1 N–H and O–H groups in total. The van der Waals surface area contributed by atoms with Crippen LogP contribution < -0.4 is 10.1 Å². The van der Waals surface area contributed by atoms with Crippen molar-refractivity contribution in [2.75, 3.05) is 5.32 Å². The molecular formula is C24H23N5O2. The Kier molecular flexibility index (Phi) is 5.49. The van der Waals surface area contributed by atoms with Crippen molar-refractivity contribution in [1.82, 2.24) is 19.5 Å². The number of carbonyl (C=O) groups excluding carboxylic acids is 1. The zero-order chi connectivity index (χ0) is 22.0. The van der Waals surface area contributed by atoms with Gasteiger partial charge in [0.05, 0.1) is 0 Å². The first kappa shape index (κ1) is 20.3. The Morgan fingerprint density at radius 3 is 2.45 bits per heavy atom. The van der Waals surface area contributed by atoms with Gasteiger partial charge in [0.2, 0.25) is 5.88 Å². The summed E-state index contributed by atoms with van der Waals surface area (Å²) in [5.74, 6) is 3.02. The van der Waals surface area contributed by atoms with Crippen molar-refractivity contribution < 1.29 is 9.53 Å². The molecule has 7 nitrogen and oxygen atoms in total. The zero-order valence-electron chi connectivity index (χ0n) is 17.9. The smallest absolute Gasteiger partial charge is 0.255 e. The number of hydrogen-bond acceptors (Lipinski definition) is 5. The number of benzene rings is 2. The number of ether oxygens (including phenoxy) is 1. The minimum atomic E-state index is -0.137. The van der Waals surface area contributed by atoms with Gasteiger partial charge in [0, 0.05) is 29.7 Å². The molecule has 0 aliphatic rings. The van der Waals surface area contributed by atoms with E-state index in [1.54, 1.807) is 36.5 Å². The van der Waals surface area contributed by atoms with Crippen LogP contribution in [-0.2, 0) is 0 Å². The summed E-state index contributed by atoms with van der Waals surface area (Å²) in [6.07, 6.45) is 3.56. The van der Waals surface area contributed by atoms with Crippen LogP contribution in [0.5, 0.6) is 11.6 Å². The Bertz CT molecular complexity index is 1250. The molecule has 0 radical (unpaired) electrons. The maximum Gasteiger partial charge on any atom is 0.255 e. The number of imidazole rings is 1. The highest BCUT2D eigenvalue weighted by atomic mass is 16.5. The van der Waals surface area contributed by atoms with E-state index in [9.17, 15) is 4.79 Å². The second-order valence-corrected chi connectivity index (χ2v) is 7.35. The molecule has 0 atom stereocenters. The first-order chi connectivity index (χ1) is 14.9. The Morgan fingerprint density at radius 2 is 1.74 bits per heavy atom. The molecule has 0 saturated heterocycles. The summed E-state index contributed by atoms with van der Waals surface area (Å²) in [7, 11) is 0. The average molecular weight is 413 g/mol. The molecule has 4 aromatic rings. The van der Waals surface area contributed by atoms with Gasteiger partial charge in [-0.1, -0.05) is 17.7 Å². The van der Waals surface area contributed by atoms with Gasteiger partial charge in [-0.05, 0) is 63.6 Å². The van der Waals surface area contributed by atoms with Gasteiger partial charge in [-0.25, -0.2) is 9.97 Å². The second-order valence-electron chi connectivity index (χ2n) is 7.35. The quantitative estimate of drug-likeness (QED) is 0.501. The van der Waals surface area contributed by atoms with Gasteiger partial charge in [-0.3, -0.25) is 9.36 Å². The summed E-state index contributed by atoms with van der Waals surface area (Å²) in [6.45, 7) is 7.61. The molecule has 0 spiro atoms. The van der Waals surface area contributed by atoms with E-state index in [0.29, 0.717) is 34.5 Å². The molecule has 0 unspecified atom stereocenters. The molecule has 31 heavy (non-hydrogen) atoms. The van der Waals surface area contributed by atoms with E-state index >= 15 is 0 Å². The molecule has 156 valence electrons. The van der Waals surface area contributed by atoms with E-state index in [1.807, 2.05) is 56.7 Å². The third-order valence-electron chi connectivity index (χ3n) is 4.85. The van der Waals surface area contributed by atoms with E-state index in [-0.39, 0.29) is 5.91 Å². The molecule has 0 aliphatic carbocycles. The second kappa shape index (κ2) is 8.39. The number of amides is 1. The lowest BCUT2D eigenvalue weighted by atomic mass is 10.1. The van der Waals surface area contributed by atoms with Gasteiger partial charge in [-0.15, -0.1) is 0 Å². The number of nitrogens with one attached hydrogen (secondary N) is 1. The van der Waals surface area contributed by atoms with Crippen LogP contribution >= 0.6 is 0 Å². The van der Waals surface area contributed by atoms with Gasteiger partial charge in [0.1, 0.15) is 23.2 Å². The zero-order valence-corrected chi connectivity index (χ0v) is 17.9. The van der Waals surface area contributed by atoms with E-state index in [1.165, 1.54) is 0 Å². The largest absolute Gasteiger partial charge is 0.439 e. The number of anilines is 1. The highest BCUT2D eigenvalue weighted by Gasteiger charge is 2.11. The summed E-state index contributed by atoms with van der Waals surface area (Å²) in [6, 6.07) is 14.8. The SMILES string of the molecule is Cc1ccc(C)c(C(=O)Nc2ccc(Oc3cc(-n4ccnc4C)nc(C)n3)cc2)c1. The number of aryl methyl sites for hydroxylation is 4. The standard InChI is InChI=1S/C24H23N5O2/c1-15-5-6-16(2)21(13-15)24(30)28-19-7-9-20(10-8-19)31-23-14-22(26-17(3)27-23)29-12-11-25-18(29)4/h5-14H,1-4H3,(H,28,30). The molecule has 2 heterocycles. The molecule has 0 saturated carbocycles. The number of aromatic nitrogens is 4. The number of nitrogens with zero attached hydrogens (tertiary/aromatic N) is 4. The van der Waals surface area contributed by atoms with Crippen molar-refractivity contribution in [1.29, 1.82) is 0 Å². The number of hydrogen-bond donors (Lipinski definition) is 1. The monoisotopic (exact) mass is 413 g/mol. The van der Waals surface area contributed by atoms with Crippen molar-refractivity contribution in [2.45, 2.75) is 27.7 Å². The predicted molar refractivity (Wildman–Crippen MR) is 119 cm³/mol. The average Bonchev–Trinajstić information content (AvgIpc) is 3.17. The molecule has 0 aliphatic heterocycles. The van der Waals surface area contributed by atoms with Crippen LogP contribution in [0.25, 0.3) is 5.82 Å². The van der Waals surface area contributed by atoms with Crippen molar-refractivity contribution >= 4 is 11.6 Å². The first-order valence-electron chi connectivity index (χ1n) is 9.91. The van der Waals surface area contributed by atoms with Gasteiger partial charge in [0.25, 0.3) is 5.91 Å². The topological polar surface area (TPSA) is 81.9 Å². The Hall–Kier alpha value is -4.00. The van der Waals surface area contributed by atoms with Crippen molar-refractivity contribution in [3.05, 3.63) is 89.3 Å². The molecule has 2 aromatic heterocycles. The van der Waals surface area contributed by atoms with Gasteiger partial charge < -0.3 is 10.1 Å². The third-order valence-corrected chi connectivity index (χ3v) is 4.85. The fraction of sp³-hybridized carbons (Fsp3) is 0.167. The molecule has 0 bridgehead atoms. The highest BCUT2D eigenvalue weighted by molar-refractivity contribution is 6.05. The predicted octanol–water partition coefficient (Wildman–Crippen LogP) is 4.94. The summed E-state index contributed by atoms with van der Waals surface area (Å²) < 4.78 is 7.79. The lowest BCUT2D eigenvalue weighted by Crippen LogP contribution is -2.13. The van der Waals surface area contributed by atoms with Crippen LogP contribution in [0, 0.1) is 27.7 Å². The minimum absolute atomic E-state index is 0.137. The fourth-order valence-corrected chi connectivity index (χ4v) is 3.23. The molecule has 0 fully saturated rings. The van der Waals surface area contributed by atoms with Crippen molar-refractivity contribution in [3.8, 4) is 17.4 Å². The van der Waals surface area contributed by atoms with E-state index < -0.39 is 0 Å². The summed E-state index contributed by atoms with van der Waals surface area (Å²) >= 11 is 0. The lowest BCUT2D eigenvalue weighted by molar-refractivity contribution is 0.102. The van der Waals surface area contributed by atoms with Crippen molar-refractivity contribution in [3.63, 3.8) is 0 Å². The summed E-state index contributed by atoms with van der Waals surface area (Å²) in [4.78, 5) is 25.7. The normalized spacial score (nSPS) is 10.7. The minimum Gasteiger partial charge on any atom is -0.439 e. The van der Waals surface area contributed by atoms with Crippen molar-refractivity contribution in [2.24, 2.45) is 0 Å². The molecule has 7 heteroatoms. The Labute approximate surface area is 180 Å². The maximum absolute atomic E-state index is 12.6. The van der Waals surface area contributed by atoms with Crippen LogP contribution in [0.15, 0.2) is 60.9 Å². The van der Waals surface area contributed by atoms with E-state index in [2.05, 4.69) is 20.3 Å². The summed E-state index contributed by atoms with van der Waals surface area (Å²) in [5, 5.41) is 2.93. The molecular weight excluding hydrogens is 390 g/mol. The van der Waals surface area contributed by atoms with Gasteiger partial charge in [0.15, 0.2) is 0 Å². The Balaban J connectivity index is 1.49. The fourth-order valence-electron chi connectivity index (χ4n) is 3.23. The third kappa shape index (κ3) is 4.61. The van der Waals surface area contributed by atoms with Crippen LogP contribution in [0.3, 0.4) is 0 Å². The van der Waals surface area contributed by atoms with Gasteiger partial charge >= 0.3 is 0 Å². The molecule has 1 amide bonds. The van der Waals surface area contributed by atoms with Crippen LogP contribution in [0.4, 0.5) is 5.69 Å². The van der Waals surface area contributed by atoms with E-state index in [4.69, 9.17) is 4.74 Å². The molecule has 2 aromatic carbocycles. The lowest BCUT2D eigenvalue weighted by Gasteiger charge is -2.11. The number of rotatable bonds is 5. The highest BCUT2D eigenvalue weighted by Crippen LogP contribution is 2.24. The van der Waals surface area contributed by atoms with Crippen LogP contribution in [0.2, 0.25) is 0 Å². The van der Waals surface area contributed by atoms with Crippen LogP contribution in [-0.4, -0.2) is 25.4 Å². The van der Waals surface area contributed by atoms with Gasteiger partial charge in [-0.2, -0.15) is 4.98 Å². The van der Waals surface area contributed by atoms with Crippen LogP contribution in [0.1, 0.15) is 33.1 Å². The maximum atomic E-state index is 12.6. The summed E-state index contributed by atoms with van der Waals surface area (Å²) in [5.41, 5.74) is 3.34. The Morgan fingerprint density at radius 1 is 0.968 bits per heavy atom.